The van der Waals surface area contributed by atoms with Crippen molar-refractivity contribution < 1.29 is 4.79 Å². The number of nitrogens with zero attached hydrogens (tertiary/aromatic N) is 1. The lowest BCUT2D eigenvalue weighted by molar-refractivity contribution is -0.131. The molecule has 1 rings (SSSR count). The first-order valence-corrected chi connectivity index (χ1v) is 7.06. The standard InChI is InChI=1S/C15H22BrNO/c1-15(2,3)10-9-14(18)17(4)11-12-7-5-6-8-13(12)16/h5-8H,9-11H2,1-4H3. The molecule has 100 valence electrons. The lowest BCUT2D eigenvalue weighted by Crippen LogP contribution is -2.27. The minimum absolute atomic E-state index is 0.209. The quantitative estimate of drug-likeness (QED) is 0.814. The average Bonchev–Trinajstić information content (AvgIpc) is 2.28. The van der Waals surface area contributed by atoms with Crippen molar-refractivity contribution >= 4 is 21.8 Å². The smallest absolute Gasteiger partial charge is 0.222 e. The van der Waals surface area contributed by atoms with Crippen molar-refractivity contribution in [2.24, 2.45) is 5.41 Å². The van der Waals surface area contributed by atoms with E-state index in [1.54, 1.807) is 4.90 Å². The van der Waals surface area contributed by atoms with E-state index >= 15 is 0 Å². The van der Waals surface area contributed by atoms with Crippen molar-refractivity contribution in [3.8, 4) is 0 Å². The Morgan fingerprint density at radius 3 is 2.44 bits per heavy atom. The molecule has 0 saturated heterocycles. The summed E-state index contributed by atoms with van der Waals surface area (Å²) in [4.78, 5) is 13.8. The number of carbonyl (C=O) groups is 1. The molecule has 0 fully saturated rings. The van der Waals surface area contributed by atoms with E-state index in [0.29, 0.717) is 13.0 Å². The zero-order valence-electron chi connectivity index (χ0n) is 11.7. The second-order valence-electron chi connectivity index (χ2n) is 5.90. The van der Waals surface area contributed by atoms with Crippen LogP contribution in [0.5, 0.6) is 0 Å². The average molecular weight is 312 g/mol. The van der Waals surface area contributed by atoms with Crippen LogP contribution in [0.2, 0.25) is 0 Å². The topological polar surface area (TPSA) is 20.3 Å². The summed E-state index contributed by atoms with van der Waals surface area (Å²) < 4.78 is 1.06. The summed E-state index contributed by atoms with van der Waals surface area (Å²) in [6.45, 7) is 7.14. The Hall–Kier alpha value is -0.830. The highest BCUT2D eigenvalue weighted by Gasteiger charge is 2.16. The molecule has 3 heteroatoms. The van der Waals surface area contributed by atoms with Crippen LogP contribution in [-0.4, -0.2) is 17.9 Å². The van der Waals surface area contributed by atoms with Crippen molar-refractivity contribution in [3.63, 3.8) is 0 Å². The van der Waals surface area contributed by atoms with E-state index in [2.05, 4.69) is 36.7 Å². The second kappa shape index (κ2) is 6.37. The lowest BCUT2D eigenvalue weighted by atomic mass is 9.90. The van der Waals surface area contributed by atoms with Crippen LogP contribution in [-0.2, 0) is 11.3 Å². The van der Waals surface area contributed by atoms with Crippen molar-refractivity contribution in [1.29, 1.82) is 0 Å². The third-order valence-corrected chi connectivity index (χ3v) is 3.65. The lowest BCUT2D eigenvalue weighted by Gasteiger charge is -2.22. The van der Waals surface area contributed by atoms with E-state index in [-0.39, 0.29) is 11.3 Å². The number of rotatable bonds is 4. The van der Waals surface area contributed by atoms with Crippen LogP contribution >= 0.6 is 15.9 Å². The predicted molar refractivity (Wildman–Crippen MR) is 79.3 cm³/mol. The largest absolute Gasteiger partial charge is 0.341 e. The summed E-state index contributed by atoms with van der Waals surface area (Å²) in [5.74, 6) is 0.209. The van der Waals surface area contributed by atoms with Crippen LogP contribution < -0.4 is 0 Å². The van der Waals surface area contributed by atoms with E-state index < -0.39 is 0 Å². The molecule has 0 heterocycles. The fourth-order valence-electron chi connectivity index (χ4n) is 1.64. The van der Waals surface area contributed by atoms with Gasteiger partial charge < -0.3 is 4.90 Å². The van der Waals surface area contributed by atoms with Gasteiger partial charge >= 0.3 is 0 Å². The van der Waals surface area contributed by atoms with E-state index in [9.17, 15) is 4.79 Å². The Labute approximate surface area is 119 Å². The van der Waals surface area contributed by atoms with Crippen LogP contribution in [0.4, 0.5) is 0 Å². The molecule has 0 aliphatic carbocycles. The van der Waals surface area contributed by atoms with E-state index in [0.717, 1.165) is 16.5 Å². The Balaban J connectivity index is 2.53. The molecule has 0 radical (unpaired) electrons. The van der Waals surface area contributed by atoms with Crippen molar-refractivity contribution in [2.75, 3.05) is 7.05 Å². The van der Waals surface area contributed by atoms with E-state index in [4.69, 9.17) is 0 Å². The third-order valence-electron chi connectivity index (χ3n) is 2.88. The molecule has 0 aromatic heterocycles. The molecule has 0 spiro atoms. The fourth-order valence-corrected chi connectivity index (χ4v) is 2.05. The summed E-state index contributed by atoms with van der Waals surface area (Å²) >= 11 is 3.51. The maximum Gasteiger partial charge on any atom is 0.222 e. The van der Waals surface area contributed by atoms with Crippen LogP contribution in [0.15, 0.2) is 28.7 Å². The molecular formula is C15H22BrNO. The van der Waals surface area contributed by atoms with Gasteiger partial charge in [-0.05, 0) is 23.5 Å². The molecule has 0 bridgehead atoms. The molecule has 1 aromatic carbocycles. The van der Waals surface area contributed by atoms with Gasteiger partial charge in [0.2, 0.25) is 5.91 Å². The highest BCUT2D eigenvalue weighted by molar-refractivity contribution is 9.10. The van der Waals surface area contributed by atoms with E-state index in [1.807, 2.05) is 31.3 Å². The van der Waals surface area contributed by atoms with Crippen LogP contribution in [0.25, 0.3) is 0 Å². The molecule has 2 nitrogen and oxygen atoms in total. The molecule has 0 aliphatic heterocycles. The number of benzene rings is 1. The molecule has 0 atom stereocenters. The van der Waals surface area contributed by atoms with Crippen LogP contribution in [0.1, 0.15) is 39.2 Å². The predicted octanol–water partition coefficient (Wildman–Crippen LogP) is 4.23. The summed E-state index contributed by atoms with van der Waals surface area (Å²) in [6.07, 6.45) is 1.54. The molecule has 0 aliphatic rings. The van der Waals surface area contributed by atoms with Gasteiger partial charge in [-0.3, -0.25) is 4.79 Å². The van der Waals surface area contributed by atoms with Crippen molar-refractivity contribution in [1.82, 2.24) is 4.90 Å². The first-order valence-electron chi connectivity index (χ1n) is 6.27. The zero-order valence-corrected chi connectivity index (χ0v) is 13.3. The fraction of sp³-hybridized carbons (Fsp3) is 0.533. The number of hydrogen-bond acceptors (Lipinski definition) is 1. The zero-order chi connectivity index (χ0) is 13.8. The highest BCUT2D eigenvalue weighted by atomic mass is 79.9. The van der Waals surface area contributed by atoms with Crippen molar-refractivity contribution in [3.05, 3.63) is 34.3 Å². The van der Waals surface area contributed by atoms with Gasteiger partial charge in [0, 0.05) is 24.5 Å². The third kappa shape index (κ3) is 5.21. The van der Waals surface area contributed by atoms with Gasteiger partial charge in [-0.25, -0.2) is 0 Å². The summed E-state index contributed by atoms with van der Waals surface area (Å²) in [6, 6.07) is 8.02. The van der Waals surface area contributed by atoms with Gasteiger partial charge in [-0.15, -0.1) is 0 Å². The highest BCUT2D eigenvalue weighted by Crippen LogP contribution is 2.22. The summed E-state index contributed by atoms with van der Waals surface area (Å²) in [5, 5.41) is 0. The summed E-state index contributed by atoms with van der Waals surface area (Å²) in [5.41, 5.74) is 1.35. The Morgan fingerprint density at radius 2 is 1.89 bits per heavy atom. The molecular weight excluding hydrogens is 290 g/mol. The molecule has 0 N–H and O–H groups in total. The number of halogens is 1. The maximum atomic E-state index is 12.0. The molecule has 0 unspecified atom stereocenters. The summed E-state index contributed by atoms with van der Waals surface area (Å²) in [7, 11) is 1.87. The molecule has 0 saturated carbocycles. The first-order chi connectivity index (χ1) is 8.29. The van der Waals surface area contributed by atoms with E-state index in [1.165, 1.54) is 0 Å². The monoisotopic (exact) mass is 311 g/mol. The Bertz CT molecular complexity index is 409. The van der Waals surface area contributed by atoms with Gasteiger partial charge in [-0.2, -0.15) is 0 Å². The second-order valence-corrected chi connectivity index (χ2v) is 6.76. The molecule has 1 amide bonds. The SMILES string of the molecule is CN(Cc1ccccc1Br)C(=O)CCC(C)(C)C. The van der Waals surface area contributed by atoms with Crippen LogP contribution in [0.3, 0.4) is 0 Å². The van der Waals surface area contributed by atoms with Crippen molar-refractivity contribution in [2.45, 2.75) is 40.2 Å². The number of carbonyl (C=O) groups excluding carboxylic acids is 1. The van der Waals surface area contributed by atoms with Gasteiger partial charge in [0.25, 0.3) is 0 Å². The van der Waals surface area contributed by atoms with Gasteiger partial charge in [-0.1, -0.05) is 54.9 Å². The first kappa shape index (κ1) is 15.2. The van der Waals surface area contributed by atoms with Crippen LogP contribution in [0, 0.1) is 5.41 Å². The minimum atomic E-state index is 0.209. The number of hydrogen-bond donors (Lipinski definition) is 0. The maximum absolute atomic E-state index is 12.0. The normalized spacial score (nSPS) is 11.4. The Kier molecular flexibility index (Phi) is 5.39. The van der Waals surface area contributed by atoms with Gasteiger partial charge in [0.05, 0.1) is 0 Å². The Morgan fingerprint density at radius 1 is 1.28 bits per heavy atom. The molecule has 18 heavy (non-hydrogen) atoms. The minimum Gasteiger partial charge on any atom is -0.341 e. The molecule has 1 aromatic rings. The van der Waals surface area contributed by atoms with Gasteiger partial charge in [0.1, 0.15) is 0 Å². The van der Waals surface area contributed by atoms with Gasteiger partial charge in [0.15, 0.2) is 0 Å². The number of amides is 1.